The molecule has 30 heavy (non-hydrogen) atoms. The molecule has 0 fully saturated rings. The van der Waals surface area contributed by atoms with Crippen LogP contribution in [0.25, 0.3) is 11.1 Å². The molecule has 1 aliphatic carbocycles. The van der Waals surface area contributed by atoms with Crippen molar-refractivity contribution in [1.82, 2.24) is 5.32 Å². The van der Waals surface area contributed by atoms with Gasteiger partial charge in [-0.2, -0.15) is 0 Å². The molecule has 1 N–H and O–H groups in total. The second-order valence-electron chi connectivity index (χ2n) is 7.78. The quantitative estimate of drug-likeness (QED) is 0.475. The highest BCUT2D eigenvalue weighted by molar-refractivity contribution is 6.14. The Hall–Kier alpha value is -3.91. The maximum Gasteiger partial charge on any atom is 0.252 e. The van der Waals surface area contributed by atoms with Gasteiger partial charge >= 0.3 is 0 Å². The van der Waals surface area contributed by atoms with Crippen molar-refractivity contribution in [2.24, 2.45) is 0 Å². The van der Waals surface area contributed by atoms with Gasteiger partial charge in [0.15, 0.2) is 0 Å². The molecule has 0 saturated carbocycles. The molecular weight excluding hydrogens is 366 g/mol. The van der Waals surface area contributed by atoms with Crippen LogP contribution in [0.15, 0.2) is 109 Å². The number of nitrogens with one attached hydrogen (secondary N) is 1. The van der Waals surface area contributed by atoms with E-state index >= 15 is 0 Å². The molecule has 142 valence electrons. The van der Waals surface area contributed by atoms with Gasteiger partial charge in [-0.25, -0.2) is 0 Å². The van der Waals surface area contributed by atoms with Gasteiger partial charge in [0.25, 0.3) is 5.91 Å². The summed E-state index contributed by atoms with van der Waals surface area (Å²) in [6.45, 7) is 0. The van der Waals surface area contributed by atoms with Crippen molar-refractivity contribution in [2.45, 2.75) is 5.54 Å². The molecule has 0 aromatic heterocycles. The molecule has 0 bridgehead atoms. The number of carbonyl (C=O) groups is 1. The zero-order valence-electron chi connectivity index (χ0n) is 16.3. The van der Waals surface area contributed by atoms with Gasteiger partial charge in [-0.1, -0.05) is 103 Å². The molecule has 4 aromatic rings. The van der Waals surface area contributed by atoms with Crippen LogP contribution < -0.4 is 5.32 Å². The molecule has 1 atom stereocenters. The second-order valence-corrected chi connectivity index (χ2v) is 7.78. The summed E-state index contributed by atoms with van der Waals surface area (Å²) in [4.78, 5) is 13.1. The summed E-state index contributed by atoms with van der Waals surface area (Å²) < 4.78 is 0. The van der Waals surface area contributed by atoms with Gasteiger partial charge in [-0.15, -0.1) is 0 Å². The Kier molecular flexibility index (Phi) is 3.57. The molecule has 6 rings (SSSR count). The van der Waals surface area contributed by atoms with E-state index in [1.807, 2.05) is 30.3 Å². The fourth-order valence-corrected chi connectivity index (χ4v) is 5.08. The lowest BCUT2D eigenvalue weighted by Gasteiger charge is -2.31. The van der Waals surface area contributed by atoms with E-state index in [1.165, 1.54) is 11.1 Å². The molecule has 1 heterocycles. The number of hydrogen-bond donors (Lipinski definition) is 1. The van der Waals surface area contributed by atoms with Gasteiger partial charge in [-0.05, 0) is 39.5 Å². The lowest BCUT2D eigenvalue weighted by molar-refractivity contribution is 0.0952. The molecule has 4 aromatic carbocycles. The average molecular weight is 385 g/mol. The van der Waals surface area contributed by atoms with Crippen LogP contribution in [0, 0.1) is 0 Å². The fourth-order valence-electron chi connectivity index (χ4n) is 5.08. The third-order valence-electron chi connectivity index (χ3n) is 6.23. The van der Waals surface area contributed by atoms with E-state index in [1.54, 1.807) is 0 Å². The van der Waals surface area contributed by atoms with Crippen molar-refractivity contribution < 1.29 is 4.79 Å². The van der Waals surface area contributed by atoms with Crippen LogP contribution >= 0.6 is 0 Å². The van der Waals surface area contributed by atoms with Crippen molar-refractivity contribution >= 4 is 17.1 Å². The molecule has 1 spiro atoms. The first kappa shape index (κ1) is 17.0. The summed E-state index contributed by atoms with van der Waals surface area (Å²) >= 11 is 0. The van der Waals surface area contributed by atoms with E-state index in [0.717, 1.165) is 33.4 Å². The Balaban J connectivity index is 1.80. The maximum absolute atomic E-state index is 13.1. The summed E-state index contributed by atoms with van der Waals surface area (Å²) in [7, 11) is 0. The van der Waals surface area contributed by atoms with Crippen LogP contribution in [0.4, 0.5) is 0 Å². The van der Waals surface area contributed by atoms with Gasteiger partial charge in [0.1, 0.15) is 5.54 Å². The van der Waals surface area contributed by atoms with Gasteiger partial charge in [0.05, 0.1) is 0 Å². The first-order valence-electron chi connectivity index (χ1n) is 10.2. The normalized spacial score (nSPS) is 19.0. The third-order valence-corrected chi connectivity index (χ3v) is 6.23. The Morgan fingerprint density at radius 3 is 1.70 bits per heavy atom. The smallest absolute Gasteiger partial charge is 0.252 e. The average Bonchev–Trinajstić information content (AvgIpc) is 3.28. The molecule has 1 unspecified atom stereocenters. The standard InChI is InChI=1S/C28H19NO/c30-27-22-16-8-10-18-24(22)28(29-27)23-17-9-7-15-21(23)25(19-11-3-1-4-12-19)26(28)20-13-5-2-6-14-20/h1-18H,(H,29,30). The van der Waals surface area contributed by atoms with Crippen LogP contribution in [-0.4, -0.2) is 5.91 Å². The Bertz CT molecular complexity index is 1320. The Morgan fingerprint density at radius 2 is 1.03 bits per heavy atom. The van der Waals surface area contributed by atoms with Crippen LogP contribution in [0.1, 0.15) is 38.2 Å². The van der Waals surface area contributed by atoms with Gasteiger partial charge < -0.3 is 5.32 Å². The summed E-state index contributed by atoms with van der Waals surface area (Å²) in [6.07, 6.45) is 0. The van der Waals surface area contributed by atoms with E-state index < -0.39 is 5.54 Å². The van der Waals surface area contributed by atoms with Crippen molar-refractivity contribution in [2.75, 3.05) is 0 Å². The van der Waals surface area contributed by atoms with Crippen LogP contribution in [0.5, 0.6) is 0 Å². The zero-order valence-corrected chi connectivity index (χ0v) is 16.3. The number of amides is 1. The molecular formula is C28H19NO. The van der Waals surface area contributed by atoms with Crippen LogP contribution in [0.2, 0.25) is 0 Å². The van der Waals surface area contributed by atoms with E-state index in [-0.39, 0.29) is 5.91 Å². The van der Waals surface area contributed by atoms with E-state index in [0.29, 0.717) is 0 Å². The van der Waals surface area contributed by atoms with E-state index in [4.69, 9.17) is 0 Å². The van der Waals surface area contributed by atoms with Crippen molar-refractivity contribution in [3.8, 4) is 0 Å². The summed E-state index contributed by atoms with van der Waals surface area (Å²) in [5.74, 6) is -0.0249. The number of rotatable bonds is 2. The Labute approximate surface area is 175 Å². The zero-order chi connectivity index (χ0) is 20.1. The molecule has 2 aliphatic rings. The maximum atomic E-state index is 13.1. The number of carbonyl (C=O) groups excluding carboxylic acids is 1. The minimum absolute atomic E-state index is 0.0249. The highest BCUT2D eigenvalue weighted by Crippen LogP contribution is 2.57. The number of hydrogen-bond acceptors (Lipinski definition) is 1. The number of fused-ring (bicyclic) bond motifs is 4. The molecule has 2 nitrogen and oxygen atoms in total. The Morgan fingerprint density at radius 1 is 0.533 bits per heavy atom. The minimum Gasteiger partial charge on any atom is -0.334 e. The minimum atomic E-state index is -0.698. The van der Waals surface area contributed by atoms with Gasteiger partial charge in [-0.3, -0.25) is 4.79 Å². The van der Waals surface area contributed by atoms with E-state index in [2.05, 4.69) is 84.2 Å². The van der Waals surface area contributed by atoms with Gasteiger partial charge in [0.2, 0.25) is 0 Å². The third kappa shape index (κ3) is 2.16. The SMILES string of the molecule is O=C1NC2(C(c3ccccc3)=C(c3ccccc3)c3ccccc32)c2ccccc21. The lowest BCUT2D eigenvalue weighted by atomic mass is 9.77. The van der Waals surface area contributed by atoms with Crippen LogP contribution in [0.3, 0.4) is 0 Å². The van der Waals surface area contributed by atoms with Crippen molar-refractivity contribution in [3.63, 3.8) is 0 Å². The van der Waals surface area contributed by atoms with Crippen molar-refractivity contribution in [3.05, 3.63) is 143 Å². The predicted octanol–water partition coefficient (Wildman–Crippen LogP) is 5.65. The summed E-state index contributed by atoms with van der Waals surface area (Å²) in [5, 5.41) is 3.40. The molecule has 2 heteroatoms. The summed E-state index contributed by atoms with van der Waals surface area (Å²) in [5.41, 5.74) is 7.94. The number of benzene rings is 4. The molecule has 0 saturated heterocycles. The lowest BCUT2D eigenvalue weighted by Crippen LogP contribution is -2.40. The predicted molar refractivity (Wildman–Crippen MR) is 120 cm³/mol. The molecule has 0 radical (unpaired) electrons. The molecule has 1 aliphatic heterocycles. The fraction of sp³-hybridized carbons (Fsp3) is 0.0357. The van der Waals surface area contributed by atoms with Crippen molar-refractivity contribution in [1.29, 1.82) is 0 Å². The first-order chi connectivity index (χ1) is 14.8. The summed E-state index contributed by atoms with van der Waals surface area (Å²) in [6, 6.07) is 37.3. The first-order valence-corrected chi connectivity index (χ1v) is 10.2. The largest absolute Gasteiger partial charge is 0.334 e. The highest BCUT2D eigenvalue weighted by Gasteiger charge is 2.53. The monoisotopic (exact) mass is 385 g/mol. The van der Waals surface area contributed by atoms with Gasteiger partial charge in [0, 0.05) is 11.1 Å². The highest BCUT2D eigenvalue weighted by atomic mass is 16.2. The van der Waals surface area contributed by atoms with E-state index in [9.17, 15) is 4.79 Å². The molecule has 1 amide bonds. The second kappa shape index (κ2) is 6.30. The van der Waals surface area contributed by atoms with Crippen LogP contribution in [-0.2, 0) is 5.54 Å². The topological polar surface area (TPSA) is 29.1 Å².